The highest BCUT2D eigenvalue weighted by molar-refractivity contribution is 5.69. The Bertz CT molecular complexity index is 444. The van der Waals surface area contributed by atoms with Crippen molar-refractivity contribution in [2.75, 3.05) is 6.54 Å². The van der Waals surface area contributed by atoms with Crippen LogP contribution >= 0.6 is 0 Å². The molecule has 2 N–H and O–H groups in total. The maximum absolute atomic E-state index is 12.0. The Morgan fingerprint density at radius 2 is 2.20 bits per heavy atom. The summed E-state index contributed by atoms with van der Waals surface area (Å²) in [5, 5.41) is 0. The van der Waals surface area contributed by atoms with E-state index in [4.69, 9.17) is 10.5 Å². The van der Waals surface area contributed by atoms with Crippen LogP contribution in [0.2, 0.25) is 0 Å². The van der Waals surface area contributed by atoms with E-state index in [1.807, 2.05) is 6.07 Å². The zero-order valence-electron chi connectivity index (χ0n) is 12.3. The molecule has 1 aliphatic rings. The number of ether oxygens (including phenoxy) is 1. The Hall–Kier alpha value is -1.35. The van der Waals surface area contributed by atoms with Crippen molar-refractivity contribution in [3.8, 4) is 0 Å². The highest BCUT2D eigenvalue weighted by Crippen LogP contribution is 2.32. The minimum absolute atomic E-state index is 0.0442. The monoisotopic (exact) mass is 275 g/mol. The average molecular weight is 275 g/mol. The molecule has 0 radical (unpaired) electrons. The third-order valence-corrected chi connectivity index (χ3v) is 4.09. The highest BCUT2D eigenvalue weighted by Gasteiger charge is 2.23. The number of hydrogen-bond donors (Lipinski definition) is 1. The molecule has 20 heavy (non-hydrogen) atoms. The number of carbonyl (C=O) groups is 1. The Labute approximate surface area is 121 Å². The van der Waals surface area contributed by atoms with E-state index in [9.17, 15) is 4.79 Å². The van der Waals surface area contributed by atoms with Crippen LogP contribution in [0.4, 0.5) is 0 Å². The lowest BCUT2D eigenvalue weighted by molar-refractivity contribution is -0.150. The second-order valence-electron chi connectivity index (χ2n) is 5.79. The highest BCUT2D eigenvalue weighted by atomic mass is 16.5. The summed E-state index contributed by atoms with van der Waals surface area (Å²) in [5.41, 5.74) is 8.05. The van der Waals surface area contributed by atoms with Gasteiger partial charge in [-0.2, -0.15) is 0 Å². The standard InChI is InChI=1S/C17H25NO2/c1-13(11-12-18)9-10-17(19)20-16-8-4-6-14-5-2-3-7-15(14)16/h2-3,5,7,13,16H,4,6,8-12,18H2,1H3. The SMILES string of the molecule is CC(CCN)CCC(=O)OC1CCCc2ccccc21. The van der Waals surface area contributed by atoms with Crippen molar-refractivity contribution < 1.29 is 9.53 Å². The molecule has 2 rings (SSSR count). The zero-order valence-corrected chi connectivity index (χ0v) is 12.3. The van der Waals surface area contributed by atoms with Crippen LogP contribution in [0.3, 0.4) is 0 Å². The maximum Gasteiger partial charge on any atom is 0.306 e. The van der Waals surface area contributed by atoms with Crippen LogP contribution in [-0.4, -0.2) is 12.5 Å². The van der Waals surface area contributed by atoms with Gasteiger partial charge in [0.2, 0.25) is 0 Å². The second-order valence-corrected chi connectivity index (χ2v) is 5.79. The van der Waals surface area contributed by atoms with Crippen molar-refractivity contribution in [1.29, 1.82) is 0 Å². The fraction of sp³-hybridized carbons (Fsp3) is 0.588. The molecule has 3 heteroatoms. The van der Waals surface area contributed by atoms with Crippen LogP contribution in [0.5, 0.6) is 0 Å². The molecular weight excluding hydrogens is 250 g/mol. The first-order valence-electron chi connectivity index (χ1n) is 7.68. The predicted molar refractivity (Wildman–Crippen MR) is 80.3 cm³/mol. The third kappa shape index (κ3) is 4.07. The van der Waals surface area contributed by atoms with Crippen molar-refractivity contribution in [3.05, 3.63) is 35.4 Å². The van der Waals surface area contributed by atoms with Crippen LogP contribution in [0.15, 0.2) is 24.3 Å². The van der Waals surface area contributed by atoms with Gasteiger partial charge < -0.3 is 10.5 Å². The summed E-state index contributed by atoms with van der Waals surface area (Å²) in [6.45, 7) is 2.82. The minimum Gasteiger partial charge on any atom is -0.457 e. The molecule has 0 bridgehead atoms. The normalized spacial score (nSPS) is 19.2. The summed E-state index contributed by atoms with van der Waals surface area (Å²) in [5.74, 6) is 0.418. The molecule has 3 nitrogen and oxygen atoms in total. The van der Waals surface area contributed by atoms with Gasteiger partial charge in [0.25, 0.3) is 0 Å². The first kappa shape index (κ1) is 15.0. The molecule has 1 aromatic rings. The zero-order chi connectivity index (χ0) is 14.4. The quantitative estimate of drug-likeness (QED) is 0.810. The number of esters is 1. The summed E-state index contributed by atoms with van der Waals surface area (Å²) in [6.07, 6.45) is 5.43. The molecule has 110 valence electrons. The second kappa shape index (κ2) is 7.44. The Morgan fingerprint density at radius 1 is 1.40 bits per heavy atom. The smallest absolute Gasteiger partial charge is 0.306 e. The lowest BCUT2D eigenvalue weighted by Crippen LogP contribution is -2.17. The molecule has 0 aliphatic heterocycles. The molecule has 0 fully saturated rings. The van der Waals surface area contributed by atoms with Gasteiger partial charge in [-0.15, -0.1) is 0 Å². The topological polar surface area (TPSA) is 52.3 Å². The van der Waals surface area contributed by atoms with E-state index in [-0.39, 0.29) is 12.1 Å². The first-order chi connectivity index (χ1) is 9.70. The molecule has 0 saturated heterocycles. The molecule has 0 amide bonds. The number of fused-ring (bicyclic) bond motifs is 1. The van der Waals surface area contributed by atoms with Crippen LogP contribution in [0, 0.1) is 5.92 Å². The van der Waals surface area contributed by atoms with E-state index < -0.39 is 0 Å². The number of rotatable bonds is 6. The fourth-order valence-corrected chi connectivity index (χ4v) is 2.84. The largest absolute Gasteiger partial charge is 0.457 e. The fourth-order valence-electron chi connectivity index (χ4n) is 2.84. The lowest BCUT2D eigenvalue weighted by Gasteiger charge is -2.25. The van der Waals surface area contributed by atoms with E-state index in [0.29, 0.717) is 18.9 Å². The van der Waals surface area contributed by atoms with Crippen molar-refractivity contribution in [2.45, 2.75) is 51.6 Å². The van der Waals surface area contributed by atoms with Gasteiger partial charge >= 0.3 is 5.97 Å². The predicted octanol–water partition coefficient (Wildman–Crippen LogP) is 3.37. The van der Waals surface area contributed by atoms with Crippen molar-refractivity contribution in [1.82, 2.24) is 0 Å². The van der Waals surface area contributed by atoms with E-state index in [1.54, 1.807) is 0 Å². The Balaban J connectivity index is 1.86. The third-order valence-electron chi connectivity index (χ3n) is 4.09. The molecule has 0 spiro atoms. The Morgan fingerprint density at radius 3 is 3.00 bits per heavy atom. The van der Waals surface area contributed by atoms with Crippen LogP contribution in [0.25, 0.3) is 0 Å². The first-order valence-corrected chi connectivity index (χ1v) is 7.68. The van der Waals surface area contributed by atoms with Gasteiger partial charge in [0.15, 0.2) is 0 Å². The van der Waals surface area contributed by atoms with Gasteiger partial charge in [-0.3, -0.25) is 4.79 Å². The summed E-state index contributed by atoms with van der Waals surface area (Å²) in [7, 11) is 0. The number of hydrogen-bond acceptors (Lipinski definition) is 3. The maximum atomic E-state index is 12.0. The number of benzene rings is 1. The molecule has 0 saturated carbocycles. The number of carbonyl (C=O) groups excluding carboxylic acids is 1. The van der Waals surface area contributed by atoms with Gasteiger partial charge in [0.1, 0.15) is 6.10 Å². The lowest BCUT2D eigenvalue weighted by atomic mass is 9.89. The van der Waals surface area contributed by atoms with E-state index >= 15 is 0 Å². The molecule has 0 heterocycles. The summed E-state index contributed by atoms with van der Waals surface area (Å²) in [4.78, 5) is 12.0. The van der Waals surface area contributed by atoms with Crippen LogP contribution < -0.4 is 5.73 Å². The van der Waals surface area contributed by atoms with Gasteiger partial charge in [-0.1, -0.05) is 31.2 Å². The molecule has 0 aromatic heterocycles. The van der Waals surface area contributed by atoms with Gasteiger partial charge in [-0.25, -0.2) is 0 Å². The molecular formula is C17H25NO2. The minimum atomic E-state index is -0.0735. The van der Waals surface area contributed by atoms with Gasteiger partial charge in [0, 0.05) is 6.42 Å². The van der Waals surface area contributed by atoms with E-state index in [2.05, 4.69) is 25.1 Å². The van der Waals surface area contributed by atoms with E-state index in [0.717, 1.165) is 32.1 Å². The van der Waals surface area contributed by atoms with Crippen molar-refractivity contribution in [2.24, 2.45) is 11.7 Å². The molecule has 2 unspecified atom stereocenters. The molecule has 1 aromatic carbocycles. The molecule has 2 atom stereocenters. The molecule has 1 aliphatic carbocycles. The number of aryl methyl sites for hydroxylation is 1. The van der Waals surface area contributed by atoms with Crippen LogP contribution in [0.1, 0.15) is 56.3 Å². The Kier molecular flexibility index (Phi) is 5.60. The summed E-state index contributed by atoms with van der Waals surface area (Å²) in [6, 6.07) is 8.30. The average Bonchev–Trinajstić information content (AvgIpc) is 2.46. The summed E-state index contributed by atoms with van der Waals surface area (Å²) < 4.78 is 5.68. The van der Waals surface area contributed by atoms with Gasteiger partial charge in [-0.05, 0) is 55.7 Å². The van der Waals surface area contributed by atoms with Crippen LogP contribution in [-0.2, 0) is 16.0 Å². The van der Waals surface area contributed by atoms with Gasteiger partial charge in [0.05, 0.1) is 0 Å². The van der Waals surface area contributed by atoms with Crippen molar-refractivity contribution in [3.63, 3.8) is 0 Å². The summed E-state index contributed by atoms with van der Waals surface area (Å²) >= 11 is 0. The number of nitrogens with two attached hydrogens (primary N) is 1. The van der Waals surface area contributed by atoms with E-state index in [1.165, 1.54) is 11.1 Å². The van der Waals surface area contributed by atoms with Crippen molar-refractivity contribution >= 4 is 5.97 Å².